The smallest absolute Gasteiger partial charge is 0.277 e. The molecule has 1 aromatic carbocycles. The summed E-state index contributed by atoms with van der Waals surface area (Å²) < 4.78 is 1.21. The molecule has 0 bridgehead atoms. The summed E-state index contributed by atoms with van der Waals surface area (Å²) in [6.45, 7) is 1.96. The van der Waals surface area contributed by atoms with Gasteiger partial charge in [-0.1, -0.05) is 37.3 Å². The van der Waals surface area contributed by atoms with E-state index in [-0.39, 0.29) is 28.9 Å². The van der Waals surface area contributed by atoms with Crippen LogP contribution in [0.4, 0.5) is 5.82 Å². The summed E-state index contributed by atoms with van der Waals surface area (Å²) >= 11 is 0. The van der Waals surface area contributed by atoms with Gasteiger partial charge in [0.1, 0.15) is 11.4 Å². The molecule has 0 unspecified atom stereocenters. The highest BCUT2D eigenvalue weighted by Crippen LogP contribution is 2.30. The largest absolute Gasteiger partial charge is 0.503 e. The Balaban J connectivity index is 1.95. The van der Waals surface area contributed by atoms with E-state index in [9.17, 15) is 19.5 Å². The van der Waals surface area contributed by atoms with Gasteiger partial charge in [0, 0.05) is 21.1 Å². The molecule has 4 N–H and O–H groups in total. The molecular formula is C20H24N6O4. The first-order valence-corrected chi connectivity index (χ1v) is 9.40. The van der Waals surface area contributed by atoms with Crippen LogP contribution in [0.5, 0.6) is 5.75 Å². The summed E-state index contributed by atoms with van der Waals surface area (Å²) in [6, 6.07) is 9.31. The molecule has 0 aliphatic carbocycles. The van der Waals surface area contributed by atoms with Crippen LogP contribution >= 0.6 is 0 Å². The predicted molar refractivity (Wildman–Crippen MR) is 109 cm³/mol. The second-order valence-corrected chi connectivity index (χ2v) is 7.04. The van der Waals surface area contributed by atoms with E-state index in [1.165, 1.54) is 16.6 Å². The standard InChI is InChI=1S/C20H24N6O4/c1-5-12(11-9-7-6-8-10-11)21-13-14(19(29)23-18(13)28)22-17-16(27)15(26(4)24-17)20(30)25(2)3/h6-10,12,27H,5H2,1-4H3,(H3,21,22,23,24,28,29)/t12-/m1/s1. The van der Waals surface area contributed by atoms with Gasteiger partial charge >= 0.3 is 0 Å². The molecule has 3 rings (SSSR count). The number of hydrogen-bond acceptors (Lipinski definition) is 7. The van der Waals surface area contributed by atoms with Gasteiger partial charge in [-0.15, -0.1) is 0 Å². The average molecular weight is 412 g/mol. The minimum absolute atomic E-state index is 0.0428. The van der Waals surface area contributed by atoms with Crippen molar-refractivity contribution >= 4 is 23.5 Å². The number of imide groups is 1. The molecule has 0 saturated carbocycles. The van der Waals surface area contributed by atoms with Crippen LogP contribution < -0.4 is 16.0 Å². The Kier molecular flexibility index (Phi) is 5.77. The molecule has 10 heteroatoms. The van der Waals surface area contributed by atoms with Crippen LogP contribution in [0.15, 0.2) is 41.7 Å². The molecule has 10 nitrogen and oxygen atoms in total. The fraction of sp³-hybridized carbons (Fsp3) is 0.300. The van der Waals surface area contributed by atoms with Gasteiger partial charge in [-0.2, -0.15) is 5.10 Å². The van der Waals surface area contributed by atoms with Crippen LogP contribution in [0.2, 0.25) is 0 Å². The highest BCUT2D eigenvalue weighted by molar-refractivity contribution is 6.20. The van der Waals surface area contributed by atoms with Gasteiger partial charge in [-0.05, 0) is 12.0 Å². The van der Waals surface area contributed by atoms with Gasteiger partial charge in [0.15, 0.2) is 17.3 Å². The third kappa shape index (κ3) is 3.84. The third-order valence-electron chi connectivity index (χ3n) is 4.73. The summed E-state index contributed by atoms with van der Waals surface area (Å²) in [6.07, 6.45) is 0.665. The Bertz CT molecular complexity index is 1030. The molecule has 1 aliphatic rings. The highest BCUT2D eigenvalue weighted by Gasteiger charge is 2.34. The van der Waals surface area contributed by atoms with Gasteiger partial charge in [0.05, 0.1) is 6.04 Å². The Morgan fingerprint density at radius 3 is 2.43 bits per heavy atom. The first-order chi connectivity index (χ1) is 14.2. The summed E-state index contributed by atoms with van der Waals surface area (Å²) in [4.78, 5) is 38.3. The number of carbonyl (C=O) groups is 3. The van der Waals surface area contributed by atoms with Crippen molar-refractivity contribution < 1.29 is 19.5 Å². The Morgan fingerprint density at radius 1 is 1.20 bits per heavy atom. The molecule has 2 aromatic rings. The third-order valence-corrected chi connectivity index (χ3v) is 4.73. The molecule has 1 aliphatic heterocycles. The zero-order valence-corrected chi connectivity index (χ0v) is 17.2. The van der Waals surface area contributed by atoms with E-state index in [0.717, 1.165) is 5.56 Å². The summed E-state index contributed by atoms with van der Waals surface area (Å²) in [7, 11) is 4.59. The van der Waals surface area contributed by atoms with Crippen LogP contribution in [0.3, 0.4) is 0 Å². The summed E-state index contributed by atoms with van der Waals surface area (Å²) in [5.74, 6) is -2.21. The van der Waals surface area contributed by atoms with E-state index < -0.39 is 23.5 Å². The van der Waals surface area contributed by atoms with E-state index in [4.69, 9.17) is 0 Å². The van der Waals surface area contributed by atoms with Crippen molar-refractivity contribution in [3.63, 3.8) is 0 Å². The molecule has 30 heavy (non-hydrogen) atoms. The minimum atomic E-state index is -0.657. The number of nitrogens with one attached hydrogen (secondary N) is 3. The molecule has 2 heterocycles. The fourth-order valence-corrected chi connectivity index (χ4v) is 3.16. The first-order valence-electron chi connectivity index (χ1n) is 9.40. The lowest BCUT2D eigenvalue weighted by Crippen LogP contribution is -2.29. The Labute approximate surface area is 173 Å². The monoisotopic (exact) mass is 412 g/mol. The lowest BCUT2D eigenvalue weighted by atomic mass is 10.0. The number of anilines is 1. The second-order valence-electron chi connectivity index (χ2n) is 7.04. The quantitative estimate of drug-likeness (QED) is 0.496. The van der Waals surface area contributed by atoms with Crippen LogP contribution in [0.25, 0.3) is 0 Å². The van der Waals surface area contributed by atoms with Crippen LogP contribution in [0, 0.1) is 0 Å². The van der Waals surface area contributed by atoms with Gasteiger partial charge in [0.25, 0.3) is 17.7 Å². The molecular weight excluding hydrogens is 388 g/mol. The number of aromatic hydroxyl groups is 1. The predicted octanol–water partition coefficient (Wildman–Crippen LogP) is 0.848. The topological polar surface area (TPSA) is 129 Å². The van der Waals surface area contributed by atoms with Crippen molar-refractivity contribution in [2.45, 2.75) is 19.4 Å². The van der Waals surface area contributed by atoms with Crippen molar-refractivity contribution in [3.05, 3.63) is 53.0 Å². The SMILES string of the molecule is CC[C@@H](NC1=C(Nc2nn(C)c(C(=O)N(C)C)c2O)C(=O)NC1=O)c1ccccc1. The van der Waals surface area contributed by atoms with E-state index in [0.29, 0.717) is 6.42 Å². The molecule has 1 aromatic heterocycles. The number of aromatic nitrogens is 2. The van der Waals surface area contributed by atoms with Crippen molar-refractivity contribution in [2.24, 2.45) is 7.05 Å². The fourth-order valence-electron chi connectivity index (χ4n) is 3.16. The summed E-state index contributed by atoms with van der Waals surface area (Å²) in [5.41, 5.74) is 0.879. The molecule has 0 spiro atoms. The Hall–Kier alpha value is -3.82. The lowest BCUT2D eigenvalue weighted by molar-refractivity contribution is -0.124. The van der Waals surface area contributed by atoms with Crippen molar-refractivity contribution in [2.75, 3.05) is 19.4 Å². The number of carbonyl (C=O) groups excluding carboxylic acids is 3. The minimum Gasteiger partial charge on any atom is -0.503 e. The van der Waals surface area contributed by atoms with Crippen molar-refractivity contribution in [1.29, 1.82) is 0 Å². The summed E-state index contributed by atoms with van der Waals surface area (Å²) in [5, 5.41) is 22.6. The van der Waals surface area contributed by atoms with Crippen LogP contribution in [-0.2, 0) is 16.6 Å². The van der Waals surface area contributed by atoms with Crippen molar-refractivity contribution in [3.8, 4) is 5.75 Å². The number of rotatable bonds is 7. The lowest BCUT2D eigenvalue weighted by Gasteiger charge is -2.19. The number of nitrogens with zero attached hydrogens (tertiary/aromatic N) is 3. The molecule has 3 amide bonds. The number of aryl methyl sites for hydroxylation is 1. The number of benzene rings is 1. The number of amides is 3. The molecule has 0 fully saturated rings. The first kappa shape index (κ1) is 20.9. The van der Waals surface area contributed by atoms with Gasteiger partial charge in [0.2, 0.25) is 0 Å². The molecule has 0 radical (unpaired) electrons. The van der Waals surface area contributed by atoms with Crippen LogP contribution in [0.1, 0.15) is 35.4 Å². The maximum absolute atomic E-state index is 12.4. The maximum Gasteiger partial charge on any atom is 0.277 e. The van der Waals surface area contributed by atoms with Gasteiger partial charge in [-0.25, -0.2) is 0 Å². The Morgan fingerprint density at radius 2 is 1.83 bits per heavy atom. The number of hydrogen-bond donors (Lipinski definition) is 4. The average Bonchev–Trinajstić information content (AvgIpc) is 3.14. The van der Waals surface area contributed by atoms with E-state index in [1.54, 1.807) is 14.1 Å². The van der Waals surface area contributed by atoms with E-state index in [1.807, 2.05) is 37.3 Å². The van der Waals surface area contributed by atoms with Gasteiger partial charge < -0.3 is 20.6 Å². The molecule has 158 valence electrons. The maximum atomic E-state index is 12.4. The highest BCUT2D eigenvalue weighted by atomic mass is 16.3. The zero-order valence-electron chi connectivity index (χ0n) is 17.2. The van der Waals surface area contributed by atoms with Crippen molar-refractivity contribution in [1.82, 2.24) is 25.3 Å². The van der Waals surface area contributed by atoms with E-state index in [2.05, 4.69) is 21.0 Å². The molecule has 0 saturated heterocycles. The molecule has 1 atom stereocenters. The zero-order chi connectivity index (χ0) is 22.0. The van der Waals surface area contributed by atoms with E-state index >= 15 is 0 Å². The van der Waals surface area contributed by atoms with Gasteiger partial charge in [-0.3, -0.25) is 24.4 Å². The second kappa shape index (κ2) is 8.27. The normalized spacial score (nSPS) is 14.5. The van der Waals surface area contributed by atoms with Crippen LogP contribution in [-0.4, -0.2) is 51.6 Å².